The molecule has 7 heteroatoms. The molecule has 1 aliphatic rings. The van der Waals surface area contributed by atoms with E-state index in [9.17, 15) is 26.3 Å². The Kier molecular flexibility index (Phi) is 4.09. The summed E-state index contributed by atoms with van der Waals surface area (Å²) in [5, 5.41) is 0. The minimum Gasteiger partial charge on any atom is -0.336 e. The SMILES string of the molecule is Fc1cccc(-c2c(F)c(F)c(N3CCc4ccccc43)c(F)c2F)c1F. The van der Waals surface area contributed by atoms with E-state index in [1.54, 1.807) is 24.3 Å². The summed E-state index contributed by atoms with van der Waals surface area (Å²) in [5.41, 5.74) is -1.86. The predicted molar refractivity (Wildman–Crippen MR) is 88.8 cm³/mol. The van der Waals surface area contributed by atoms with E-state index in [0.29, 0.717) is 12.1 Å². The lowest BCUT2D eigenvalue weighted by Crippen LogP contribution is -2.19. The Hall–Kier alpha value is -2.96. The van der Waals surface area contributed by atoms with E-state index in [1.807, 2.05) is 0 Å². The van der Waals surface area contributed by atoms with Gasteiger partial charge in [-0.25, -0.2) is 26.3 Å². The van der Waals surface area contributed by atoms with Crippen LogP contribution in [0, 0.1) is 34.9 Å². The Morgan fingerprint density at radius 2 is 1.33 bits per heavy atom. The molecule has 0 unspecified atom stereocenters. The fourth-order valence-corrected chi connectivity index (χ4v) is 3.36. The van der Waals surface area contributed by atoms with Crippen molar-refractivity contribution in [3.05, 3.63) is 82.9 Å². The number of hydrogen-bond acceptors (Lipinski definition) is 1. The molecule has 0 aliphatic carbocycles. The van der Waals surface area contributed by atoms with Crippen LogP contribution in [-0.4, -0.2) is 6.54 Å². The average Bonchev–Trinajstić information content (AvgIpc) is 3.08. The van der Waals surface area contributed by atoms with Crippen molar-refractivity contribution < 1.29 is 26.3 Å². The molecule has 0 N–H and O–H groups in total. The summed E-state index contributed by atoms with van der Waals surface area (Å²) in [4.78, 5) is 1.14. The van der Waals surface area contributed by atoms with E-state index in [4.69, 9.17) is 0 Å². The minimum absolute atomic E-state index is 0.125. The van der Waals surface area contributed by atoms with Gasteiger partial charge in [0.05, 0.1) is 5.56 Å². The van der Waals surface area contributed by atoms with Crippen LogP contribution in [0.5, 0.6) is 0 Å². The van der Waals surface area contributed by atoms with Gasteiger partial charge in [-0.15, -0.1) is 0 Å². The number of anilines is 2. The first-order valence-electron chi connectivity index (χ1n) is 8.07. The van der Waals surface area contributed by atoms with Crippen molar-refractivity contribution in [3.63, 3.8) is 0 Å². The third-order valence-corrected chi connectivity index (χ3v) is 4.62. The summed E-state index contributed by atoms with van der Waals surface area (Å²) in [6.45, 7) is 0.125. The molecule has 1 aliphatic heterocycles. The van der Waals surface area contributed by atoms with Crippen LogP contribution in [0.25, 0.3) is 11.1 Å². The zero-order valence-electron chi connectivity index (χ0n) is 13.7. The van der Waals surface area contributed by atoms with Crippen LogP contribution >= 0.6 is 0 Å². The number of benzene rings is 3. The molecule has 0 aromatic heterocycles. The summed E-state index contributed by atoms with van der Waals surface area (Å²) in [7, 11) is 0. The van der Waals surface area contributed by atoms with Crippen LogP contribution in [0.15, 0.2) is 42.5 Å². The van der Waals surface area contributed by atoms with Gasteiger partial charge in [0.2, 0.25) is 0 Å². The molecule has 0 saturated carbocycles. The molecule has 0 spiro atoms. The highest BCUT2D eigenvalue weighted by Gasteiger charge is 2.33. The molecule has 1 nitrogen and oxygen atoms in total. The van der Waals surface area contributed by atoms with Gasteiger partial charge in [0.25, 0.3) is 0 Å². The van der Waals surface area contributed by atoms with E-state index in [0.717, 1.165) is 28.7 Å². The van der Waals surface area contributed by atoms with Gasteiger partial charge < -0.3 is 4.90 Å². The fraction of sp³-hybridized carbons (Fsp3) is 0.100. The van der Waals surface area contributed by atoms with Crippen molar-refractivity contribution >= 4 is 11.4 Å². The maximum Gasteiger partial charge on any atom is 0.186 e. The Labute approximate surface area is 150 Å². The summed E-state index contributed by atoms with van der Waals surface area (Å²) in [5.74, 6) is -9.86. The van der Waals surface area contributed by atoms with Crippen molar-refractivity contribution in [3.8, 4) is 11.1 Å². The maximum absolute atomic E-state index is 14.7. The number of fused-ring (bicyclic) bond motifs is 1. The quantitative estimate of drug-likeness (QED) is 0.397. The van der Waals surface area contributed by atoms with E-state index < -0.39 is 51.7 Å². The van der Waals surface area contributed by atoms with E-state index in [-0.39, 0.29) is 6.54 Å². The van der Waals surface area contributed by atoms with Gasteiger partial charge in [0.1, 0.15) is 5.69 Å². The smallest absolute Gasteiger partial charge is 0.186 e. The highest BCUT2D eigenvalue weighted by molar-refractivity contribution is 5.75. The van der Waals surface area contributed by atoms with E-state index >= 15 is 0 Å². The molecule has 0 radical (unpaired) electrons. The predicted octanol–water partition coefficient (Wildman–Crippen LogP) is 5.88. The lowest BCUT2D eigenvalue weighted by atomic mass is 10.0. The second kappa shape index (κ2) is 6.33. The van der Waals surface area contributed by atoms with Gasteiger partial charge in [-0.2, -0.15) is 0 Å². The molecule has 0 saturated heterocycles. The fourth-order valence-electron chi connectivity index (χ4n) is 3.36. The molecular formula is C20H11F6N. The van der Waals surface area contributed by atoms with Gasteiger partial charge in [-0.1, -0.05) is 30.3 Å². The zero-order valence-corrected chi connectivity index (χ0v) is 13.7. The molecule has 3 aromatic rings. The molecule has 3 aromatic carbocycles. The summed E-state index contributed by atoms with van der Waals surface area (Å²) >= 11 is 0. The Morgan fingerprint density at radius 1 is 0.667 bits per heavy atom. The number of nitrogens with zero attached hydrogens (tertiary/aromatic N) is 1. The average molecular weight is 379 g/mol. The van der Waals surface area contributed by atoms with Gasteiger partial charge in [-0.05, 0) is 24.1 Å². The molecular weight excluding hydrogens is 368 g/mol. The third-order valence-electron chi connectivity index (χ3n) is 4.62. The van der Waals surface area contributed by atoms with Gasteiger partial charge >= 0.3 is 0 Å². The van der Waals surface area contributed by atoms with Crippen molar-refractivity contribution in [2.75, 3.05) is 11.4 Å². The number of para-hydroxylation sites is 1. The van der Waals surface area contributed by atoms with Crippen LogP contribution in [0.4, 0.5) is 37.7 Å². The Balaban J connectivity index is 1.95. The normalized spacial score (nSPS) is 13.2. The molecule has 138 valence electrons. The van der Waals surface area contributed by atoms with Crippen molar-refractivity contribution in [2.24, 2.45) is 0 Å². The monoisotopic (exact) mass is 379 g/mol. The highest BCUT2D eigenvalue weighted by atomic mass is 19.2. The first-order chi connectivity index (χ1) is 12.9. The first kappa shape index (κ1) is 17.5. The molecule has 0 amide bonds. The zero-order chi connectivity index (χ0) is 19.3. The van der Waals surface area contributed by atoms with Gasteiger partial charge in [-0.3, -0.25) is 0 Å². The third kappa shape index (κ3) is 2.57. The summed E-state index contributed by atoms with van der Waals surface area (Å²) in [6.07, 6.45) is 0.443. The Bertz CT molecular complexity index is 1030. The largest absolute Gasteiger partial charge is 0.336 e. The molecule has 0 atom stereocenters. The van der Waals surface area contributed by atoms with Gasteiger partial charge in [0.15, 0.2) is 34.9 Å². The van der Waals surface area contributed by atoms with E-state index in [1.165, 1.54) is 0 Å². The molecule has 0 bridgehead atoms. The second-order valence-electron chi connectivity index (χ2n) is 6.11. The topological polar surface area (TPSA) is 3.24 Å². The van der Waals surface area contributed by atoms with Crippen molar-refractivity contribution in [1.29, 1.82) is 0 Å². The molecule has 27 heavy (non-hydrogen) atoms. The standard InChI is InChI=1S/C20H11F6N/c21-12-6-3-5-11(15(12)22)14-16(23)18(25)20(19(26)17(14)24)27-9-8-10-4-1-2-7-13(10)27/h1-7H,8-9H2. The lowest BCUT2D eigenvalue weighted by molar-refractivity contribution is 0.456. The van der Waals surface area contributed by atoms with Crippen molar-refractivity contribution in [1.82, 2.24) is 0 Å². The molecule has 1 heterocycles. The second-order valence-corrected chi connectivity index (χ2v) is 6.11. The van der Waals surface area contributed by atoms with Crippen LogP contribution < -0.4 is 4.90 Å². The van der Waals surface area contributed by atoms with Crippen molar-refractivity contribution in [2.45, 2.75) is 6.42 Å². The summed E-state index contributed by atoms with van der Waals surface area (Å²) in [6, 6.07) is 9.28. The van der Waals surface area contributed by atoms with Crippen LogP contribution in [0.3, 0.4) is 0 Å². The number of rotatable bonds is 2. The highest BCUT2D eigenvalue weighted by Crippen LogP contribution is 2.42. The molecule has 0 fully saturated rings. The van der Waals surface area contributed by atoms with Crippen LogP contribution in [-0.2, 0) is 6.42 Å². The number of halogens is 6. The maximum atomic E-state index is 14.7. The Morgan fingerprint density at radius 3 is 2.04 bits per heavy atom. The van der Waals surface area contributed by atoms with Crippen LogP contribution in [0.1, 0.15) is 5.56 Å². The first-order valence-corrected chi connectivity index (χ1v) is 8.07. The van der Waals surface area contributed by atoms with Crippen LogP contribution in [0.2, 0.25) is 0 Å². The summed E-state index contributed by atoms with van der Waals surface area (Å²) < 4.78 is 86.1. The van der Waals surface area contributed by atoms with E-state index in [2.05, 4.69) is 0 Å². The minimum atomic E-state index is -1.78. The lowest BCUT2D eigenvalue weighted by Gasteiger charge is -2.22. The van der Waals surface area contributed by atoms with Gasteiger partial charge in [0, 0.05) is 17.8 Å². The molecule has 4 rings (SSSR count). The number of hydrogen-bond donors (Lipinski definition) is 0.